The molecule has 0 aliphatic heterocycles. The van der Waals surface area contributed by atoms with Crippen molar-refractivity contribution in [3.8, 4) is 12.3 Å². The van der Waals surface area contributed by atoms with Crippen molar-refractivity contribution in [2.75, 3.05) is 0 Å². The van der Waals surface area contributed by atoms with Crippen LogP contribution in [-0.2, 0) is 4.74 Å². The molecule has 13 heavy (non-hydrogen) atoms. The molecule has 0 aromatic heterocycles. The van der Waals surface area contributed by atoms with E-state index in [1.165, 1.54) is 6.08 Å². The van der Waals surface area contributed by atoms with E-state index in [0.717, 1.165) is 0 Å². The van der Waals surface area contributed by atoms with Crippen molar-refractivity contribution in [2.45, 2.75) is 31.7 Å². The lowest BCUT2D eigenvalue weighted by atomic mass is 10.1. The molecule has 0 spiro atoms. The van der Waals surface area contributed by atoms with E-state index in [1.807, 2.05) is 6.92 Å². The lowest BCUT2D eigenvalue weighted by Gasteiger charge is -2.20. The Morgan fingerprint density at radius 1 is 1.54 bits per heavy atom. The topological polar surface area (TPSA) is 29.5 Å². The van der Waals surface area contributed by atoms with Crippen LogP contribution in [0.5, 0.6) is 0 Å². The molecule has 0 saturated heterocycles. The zero-order valence-electron chi connectivity index (χ0n) is 7.94. The molecule has 1 unspecified atom stereocenters. The van der Waals surface area contributed by atoms with Gasteiger partial charge in [0.25, 0.3) is 0 Å². The van der Waals surface area contributed by atoms with Gasteiger partial charge in [0.05, 0.1) is 6.10 Å². The average molecular weight is 180 g/mol. The Hall–Kier alpha value is -1.04. The highest BCUT2D eigenvalue weighted by molar-refractivity contribution is 5.06. The van der Waals surface area contributed by atoms with Crippen molar-refractivity contribution in [3.63, 3.8) is 0 Å². The van der Waals surface area contributed by atoms with E-state index < -0.39 is 18.3 Å². The van der Waals surface area contributed by atoms with Crippen LogP contribution in [0.4, 0.5) is 0 Å². The second-order valence-electron chi connectivity index (χ2n) is 2.63. The van der Waals surface area contributed by atoms with E-state index in [-0.39, 0.29) is 0 Å². The predicted molar refractivity (Wildman–Crippen MR) is 54.2 cm³/mol. The minimum Gasteiger partial charge on any atom is -0.390 e. The summed E-state index contributed by atoms with van der Waals surface area (Å²) in [7, 11) is 0. The first-order valence-electron chi connectivity index (χ1n) is 4.24. The van der Waals surface area contributed by atoms with Crippen molar-refractivity contribution >= 4 is 0 Å². The third-order valence-electron chi connectivity index (χ3n) is 1.71. The highest BCUT2D eigenvalue weighted by atomic mass is 16.5. The van der Waals surface area contributed by atoms with E-state index in [2.05, 4.69) is 19.1 Å². The minimum absolute atomic E-state index is 0.427. The van der Waals surface area contributed by atoms with Crippen LogP contribution in [0.25, 0.3) is 0 Å². The van der Waals surface area contributed by atoms with E-state index in [9.17, 15) is 5.11 Å². The van der Waals surface area contributed by atoms with Gasteiger partial charge in [-0.3, -0.25) is 0 Å². The Bertz CT molecular complexity index is 203. The number of ether oxygens (including phenoxy) is 1. The first-order chi connectivity index (χ1) is 6.19. The third-order valence-corrected chi connectivity index (χ3v) is 1.71. The maximum Gasteiger partial charge on any atom is 0.136 e. The zero-order chi connectivity index (χ0) is 10.3. The SMILES string of the molecule is C#C[C@H](C=C)O[C@H](C=C)C(O)CC. The van der Waals surface area contributed by atoms with Gasteiger partial charge < -0.3 is 9.84 Å². The fourth-order valence-corrected chi connectivity index (χ4v) is 0.868. The fourth-order valence-electron chi connectivity index (χ4n) is 0.868. The molecule has 72 valence electrons. The first kappa shape index (κ1) is 12.0. The molecule has 0 fully saturated rings. The summed E-state index contributed by atoms with van der Waals surface area (Å²) in [5.41, 5.74) is 0. The van der Waals surface area contributed by atoms with Gasteiger partial charge in [-0.05, 0) is 6.42 Å². The largest absolute Gasteiger partial charge is 0.390 e. The quantitative estimate of drug-likeness (QED) is 0.496. The molecular weight excluding hydrogens is 164 g/mol. The number of hydrogen-bond acceptors (Lipinski definition) is 2. The van der Waals surface area contributed by atoms with Gasteiger partial charge in [-0.15, -0.1) is 13.0 Å². The van der Waals surface area contributed by atoms with Crippen molar-refractivity contribution in [1.82, 2.24) is 0 Å². The van der Waals surface area contributed by atoms with Gasteiger partial charge in [-0.25, -0.2) is 0 Å². The summed E-state index contributed by atoms with van der Waals surface area (Å²) in [6, 6.07) is 0. The van der Waals surface area contributed by atoms with E-state index in [0.29, 0.717) is 6.42 Å². The van der Waals surface area contributed by atoms with Gasteiger partial charge in [0, 0.05) is 0 Å². The number of terminal acetylenes is 1. The van der Waals surface area contributed by atoms with Crippen LogP contribution < -0.4 is 0 Å². The Balaban J connectivity index is 4.19. The summed E-state index contributed by atoms with van der Waals surface area (Å²) in [6.45, 7) is 8.95. The van der Waals surface area contributed by atoms with Crippen LogP contribution >= 0.6 is 0 Å². The number of hydrogen-bond donors (Lipinski definition) is 1. The Labute approximate surface area is 79.9 Å². The summed E-state index contributed by atoms with van der Waals surface area (Å²) in [4.78, 5) is 0. The highest BCUT2D eigenvalue weighted by Crippen LogP contribution is 2.08. The van der Waals surface area contributed by atoms with Crippen molar-refractivity contribution < 1.29 is 9.84 Å². The molecule has 0 rings (SSSR count). The van der Waals surface area contributed by atoms with Crippen LogP contribution in [0.1, 0.15) is 13.3 Å². The van der Waals surface area contributed by atoms with Crippen LogP contribution in [-0.4, -0.2) is 23.4 Å². The molecule has 3 atom stereocenters. The molecular formula is C11H16O2. The van der Waals surface area contributed by atoms with E-state index >= 15 is 0 Å². The van der Waals surface area contributed by atoms with Gasteiger partial charge in [0.1, 0.15) is 12.2 Å². The van der Waals surface area contributed by atoms with Gasteiger partial charge >= 0.3 is 0 Å². The summed E-state index contributed by atoms with van der Waals surface area (Å²) in [5, 5.41) is 9.46. The lowest BCUT2D eigenvalue weighted by molar-refractivity contribution is -0.0187. The van der Waals surface area contributed by atoms with Crippen LogP contribution in [0.15, 0.2) is 25.3 Å². The molecule has 0 radical (unpaired) electrons. The van der Waals surface area contributed by atoms with Crippen molar-refractivity contribution in [1.29, 1.82) is 0 Å². The second kappa shape index (κ2) is 6.47. The van der Waals surface area contributed by atoms with E-state index in [4.69, 9.17) is 11.2 Å². The minimum atomic E-state index is -0.562. The van der Waals surface area contributed by atoms with E-state index in [1.54, 1.807) is 6.08 Å². The predicted octanol–water partition coefficient (Wildman–Crippen LogP) is 1.52. The molecule has 0 amide bonds. The lowest BCUT2D eigenvalue weighted by Crippen LogP contribution is -2.29. The first-order valence-corrected chi connectivity index (χ1v) is 4.24. The maximum atomic E-state index is 9.46. The monoisotopic (exact) mass is 180 g/mol. The second-order valence-corrected chi connectivity index (χ2v) is 2.63. The number of aliphatic hydroxyl groups excluding tert-OH is 1. The number of rotatable bonds is 6. The molecule has 2 heteroatoms. The standard InChI is InChI=1S/C11H16O2/c1-5-9(6-2)13-11(8-4)10(12)7-3/h1,6,8-12H,2,4,7H2,3H3/t9-,10?,11-/m1/s1. The molecule has 0 heterocycles. The molecule has 0 aliphatic carbocycles. The summed E-state index contributed by atoms with van der Waals surface area (Å²) >= 11 is 0. The van der Waals surface area contributed by atoms with Crippen LogP contribution in [0.3, 0.4) is 0 Å². The molecule has 0 aromatic carbocycles. The van der Waals surface area contributed by atoms with Gasteiger partial charge in [0.15, 0.2) is 0 Å². The van der Waals surface area contributed by atoms with Gasteiger partial charge in [-0.2, -0.15) is 0 Å². The fraction of sp³-hybridized carbons (Fsp3) is 0.455. The van der Waals surface area contributed by atoms with Crippen LogP contribution in [0.2, 0.25) is 0 Å². The Morgan fingerprint density at radius 2 is 2.15 bits per heavy atom. The number of aliphatic hydroxyl groups is 1. The van der Waals surface area contributed by atoms with Crippen molar-refractivity contribution in [2.24, 2.45) is 0 Å². The smallest absolute Gasteiger partial charge is 0.136 e. The normalized spacial score (nSPS) is 16.7. The summed E-state index contributed by atoms with van der Waals surface area (Å²) in [6.07, 6.45) is 7.37. The maximum absolute atomic E-state index is 9.46. The Morgan fingerprint density at radius 3 is 2.46 bits per heavy atom. The average Bonchev–Trinajstić information content (AvgIpc) is 2.19. The molecule has 0 aromatic rings. The molecule has 0 bridgehead atoms. The molecule has 2 nitrogen and oxygen atoms in total. The summed E-state index contributed by atoms with van der Waals surface area (Å²) in [5.74, 6) is 2.40. The highest BCUT2D eigenvalue weighted by Gasteiger charge is 2.16. The van der Waals surface area contributed by atoms with Crippen LogP contribution in [0, 0.1) is 12.3 Å². The molecule has 0 aliphatic rings. The third kappa shape index (κ3) is 3.93. The van der Waals surface area contributed by atoms with Gasteiger partial charge in [-0.1, -0.05) is 31.6 Å². The summed E-state index contributed by atoms with van der Waals surface area (Å²) < 4.78 is 5.33. The van der Waals surface area contributed by atoms with Gasteiger partial charge in [0.2, 0.25) is 0 Å². The molecule has 1 N–H and O–H groups in total. The zero-order valence-corrected chi connectivity index (χ0v) is 7.94. The van der Waals surface area contributed by atoms with Crippen molar-refractivity contribution in [3.05, 3.63) is 25.3 Å². The Kier molecular flexibility index (Phi) is 5.96. The molecule has 0 saturated carbocycles.